The molecule has 4 nitrogen and oxygen atoms in total. The maximum atomic E-state index is 11.5. The highest BCUT2D eigenvalue weighted by Gasteiger charge is 2.19. The van der Waals surface area contributed by atoms with Crippen LogP contribution in [0, 0.1) is 11.8 Å². The van der Waals surface area contributed by atoms with E-state index in [1.807, 2.05) is 0 Å². The van der Waals surface area contributed by atoms with Crippen LogP contribution in [0.2, 0.25) is 0 Å². The van der Waals surface area contributed by atoms with E-state index in [0.717, 1.165) is 45.1 Å². The van der Waals surface area contributed by atoms with Gasteiger partial charge in [-0.15, -0.1) is 0 Å². The van der Waals surface area contributed by atoms with E-state index < -0.39 is 9.84 Å². The van der Waals surface area contributed by atoms with Gasteiger partial charge in [-0.2, -0.15) is 0 Å². The molecule has 0 bridgehead atoms. The van der Waals surface area contributed by atoms with Gasteiger partial charge in [-0.1, -0.05) is 20.8 Å². The summed E-state index contributed by atoms with van der Waals surface area (Å²) in [5.41, 5.74) is 0. The van der Waals surface area contributed by atoms with Crippen molar-refractivity contribution >= 4 is 9.84 Å². The Labute approximate surface area is 125 Å². The van der Waals surface area contributed by atoms with Gasteiger partial charge in [0.05, 0.1) is 5.75 Å². The van der Waals surface area contributed by atoms with E-state index in [2.05, 4.69) is 24.1 Å². The van der Waals surface area contributed by atoms with Crippen molar-refractivity contribution in [3.05, 3.63) is 0 Å². The zero-order valence-electron chi connectivity index (χ0n) is 13.4. The predicted octanol–water partition coefficient (Wildman–Crippen LogP) is 1.77. The van der Waals surface area contributed by atoms with E-state index >= 15 is 0 Å². The maximum Gasteiger partial charge on any atom is 0.150 e. The molecule has 1 fully saturated rings. The lowest BCUT2D eigenvalue weighted by molar-refractivity contribution is 0.172. The topological polar surface area (TPSA) is 49.4 Å². The van der Waals surface area contributed by atoms with E-state index in [1.54, 1.807) is 6.92 Å². The standard InChI is InChI=1S/C15H32N2O2S/c1-4-20(18,19)10-6-9-17-8-5-7-15(13-17)12-16-11-14(2)3/h14-16H,4-13H2,1-3H3. The summed E-state index contributed by atoms with van der Waals surface area (Å²) in [6, 6.07) is 0. The zero-order valence-corrected chi connectivity index (χ0v) is 14.2. The molecule has 1 heterocycles. The smallest absolute Gasteiger partial charge is 0.150 e. The molecule has 120 valence electrons. The summed E-state index contributed by atoms with van der Waals surface area (Å²) >= 11 is 0. The van der Waals surface area contributed by atoms with Gasteiger partial charge in [-0.25, -0.2) is 8.42 Å². The number of hydrogen-bond acceptors (Lipinski definition) is 4. The van der Waals surface area contributed by atoms with Crippen LogP contribution < -0.4 is 5.32 Å². The molecule has 5 heteroatoms. The minimum absolute atomic E-state index is 0.273. The lowest BCUT2D eigenvalue weighted by Crippen LogP contribution is -2.40. The summed E-state index contributed by atoms with van der Waals surface area (Å²) in [6.07, 6.45) is 3.33. The number of rotatable bonds is 9. The molecule has 1 unspecified atom stereocenters. The van der Waals surface area contributed by atoms with Gasteiger partial charge in [-0.05, 0) is 57.3 Å². The highest BCUT2D eigenvalue weighted by atomic mass is 32.2. The Morgan fingerprint density at radius 2 is 2.10 bits per heavy atom. The fraction of sp³-hybridized carbons (Fsp3) is 1.00. The summed E-state index contributed by atoms with van der Waals surface area (Å²) in [7, 11) is -2.80. The van der Waals surface area contributed by atoms with E-state index in [1.165, 1.54) is 12.8 Å². The second kappa shape index (κ2) is 9.00. The van der Waals surface area contributed by atoms with Crippen molar-refractivity contribution in [2.45, 2.75) is 40.0 Å². The first-order valence-corrected chi connectivity index (χ1v) is 9.88. The van der Waals surface area contributed by atoms with Crippen molar-refractivity contribution < 1.29 is 8.42 Å². The number of nitrogens with one attached hydrogen (secondary N) is 1. The quantitative estimate of drug-likeness (QED) is 0.705. The molecule has 0 aromatic rings. The van der Waals surface area contributed by atoms with Crippen LogP contribution in [0.15, 0.2) is 0 Å². The Bertz CT molecular complexity index is 355. The van der Waals surface area contributed by atoms with Crippen molar-refractivity contribution in [3.8, 4) is 0 Å². The van der Waals surface area contributed by atoms with Crippen LogP contribution in [0.1, 0.15) is 40.0 Å². The van der Waals surface area contributed by atoms with Crippen LogP contribution in [-0.4, -0.2) is 57.5 Å². The van der Waals surface area contributed by atoms with Crippen LogP contribution in [-0.2, 0) is 9.84 Å². The third-order valence-corrected chi connectivity index (χ3v) is 5.75. The Morgan fingerprint density at radius 3 is 2.75 bits per heavy atom. The predicted molar refractivity (Wildman–Crippen MR) is 85.8 cm³/mol. The number of nitrogens with zero attached hydrogens (tertiary/aromatic N) is 1. The van der Waals surface area contributed by atoms with E-state index in [9.17, 15) is 8.42 Å². The molecule has 1 N–H and O–H groups in total. The fourth-order valence-electron chi connectivity index (χ4n) is 2.75. The molecule has 0 radical (unpaired) electrons. The summed E-state index contributed by atoms with van der Waals surface area (Å²) in [5, 5.41) is 3.54. The van der Waals surface area contributed by atoms with Crippen molar-refractivity contribution in [2.75, 3.05) is 44.2 Å². The Hall–Kier alpha value is -0.130. The molecule has 20 heavy (non-hydrogen) atoms. The lowest BCUT2D eigenvalue weighted by Gasteiger charge is -2.33. The normalized spacial score (nSPS) is 21.5. The van der Waals surface area contributed by atoms with Gasteiger partial charge in [0.1, 0.15) is 9.84 Å². The Balaban J connectivity index is 2.20. The summed E-state index contributed by atoms with van der Waals surface area (Å²) in [4.78, 5) is 2.44. The minimum Gasteiger partial charge on any atom is -0.316 e. The Morgan fingerprint density at radius 1 is 1.35 bits per heavy atom. The molecule has 0 amide bonds. The minimum atomic E-state index is -2.80. The monoisotopic (exact) mass is 304 g/mol. The third kappa shape index (κ3) is 7.60. The van der Waals surface area contributed by atoms with Gasteiger partial charge < -0.3 is 10.2 Å². The molecule has 0 aliphatic carbocycles. The number of sulfone groups is 1. The van der Waals surface area contributed by atoms with Gasteiger partial charge >= 0.3 is 0 Å². The zero-order chi connectivity index (χ0) is 15.0. The van der Waals surface area contributed by atoms with E-state index in [-0.39, 0.29) is 5.75 Å². The molecule has 1 aliphatic rings. The average molecular weight is 305 g/mol. The van der Waals surface area contributed by atoms with Crippen molar-refractivity contribution in [1.29, 1.82) is 0 Å². The molecule has 0 aromatic carbocycles. The van der Waals surface area contributed by atoms with Gasteiger partial charge in [0.2, 0.25) is 0 Å². The van der Waals surface area contributed by atoms with Crippen LogP contribution >= 0.6 is 0 Å². The highest BCUT2D eigenvalue weighted by molar-refractivity contribution is 7.91. The fourth-order valence-corrected chi connectivity index (χ4v) is 3.61. The molecule has 0 aromatic heterocycles. The molecule has 1 saturated heterocycles. The van der Waals surface area contributed by atoms with Gasteiger partial charge in [-0.3, -0.25) is 0 Å². The number of likely N-dealkylation sites (tertiary alicyclic amines) is 1. The summed E-state index contributed by atoms with van der Waals surface area (Å²) in [5.74, 6) is 2.05. The number of hydrogen-bond donors (Lipinski definition) is 1. The first-order valence-electron chi connectivity index (χ1n) is 8.06. The van der Waals surface area contributed by atoms with E-state index in [0.29, 0.717) is 11.7 Å². The summed E-state index contributed by atoms with van der Waals surface area (Å²) < 4.78 is 23.0. The molecular formula is C15H32N2O2S. The van der Waals surface area contributed by atoms with Gasteiger partial charge in [0.15, 0.2) is 0 Å². The third-order valence-electron chi connectivity index (χ3n) is 3.96. The SMILES string of the molecule is CCS(=O)(=O)CCCN1CCCC(CNCC(C)C)C1. The van der Waals surface area contributed by atoms with Gasteiger partial charge in [0.25, 0.3) is 0 Å². The van der Waals surface area contributed by atoms with Crippen LogP contribution in [0.4, 0.5) is 0 Å². The summed E-state index contributed by atoms with van der Waals surface area (Å²) in [6.45, 7) is 11.6. The lowest BCUT2D eigenvalue weighted by atomic mass is 9.97. The Kier molecular flexibility index (Phi) is 8.07. The number of piperidine rings is 1. The highest BCUT2D eigenvalue weighted by Crippen LogP contribution is 2.16. The van der Waals surface area contributed by atoms with Crippen molar-refractivity contribution in [1.82, 2.24) is 10.2 Å². The second-order valence-electron chi connectivity index (χ2n) is 6.45. The van der Waals surface area contributed by atoms with E-state index in [4.69, 9.17) is 0 Å². The molecule has 0 spiro atoms. The molecule has 1 atom stereocenters. The van der Waals surface area contributed by atoms with Crippen molar-refractivity contribution in [2.24, 2.45) is 11.8 Å². The second-order valence-corrected chi connectivity index (χ2v) is 8.92. The van der Waals surface area contributed by atoms with Gasteiger partial charge in [0, 0.05) is 12.3 Å². The molecule has 1 rings (SSSR count). The first kappa shape index (κ1) is 17.9. The maximum absolute atomic E-state index is 11.5. The van der Waals surface area contributed by atoms with Crippen LogP contribution in [0.5, 0.6) is 0 Å². The van der Waals surface area contributed by atoms with Crippen LogP contribution in [0.25, 0.3) is 0 Å². The first-order chi connectivity index (χ1) is 9.43. The molecule has 0 saturated carbocycles. The average Bonchev–Trinajstić information content (AvgIpc) is 2.39. The van der Waals surface area contributed by atoms with Crippen molar-refractivity contribution in [3.63, 3.8) is 0 Å². The molecular weight excluding hydrogens is 272 g/mol. The largest absolute Gasteiger partial charge is 0.316 e. The van der Waals surface area contributed by atoms with Crippen LogP contribution in [0.3, 0.4) is 0 Å². The molecule has 1 aliphatic heterocycles.